The number of fused-ring (bicyclic) bond motifs is 2. The standard InChI is InChI=1S/C42H53N5O14S3/c1-41(2)32-26-29(40(51)44-60-23-11-7-10-16-38(50)61-47-36(48)19-20-37(47)49)28-45(21-12-24-62(5,52)53)39(32)43-34(41)14-8-6-9-15-35-42(3,4)31-27-30(64(57,58)59)17-18-33(31)46(35)22-13-25-63(54,55)56/h6,8-9,14-15,17-18,26-28H,7,10-13,16,19-25H2,1-5H3,(H2-,44,51,54,55,56,57,58,59)/p+1. The van der Waals surface area contributed by atoms with Gasteiger partial charge in [0.05, 0.1) is 46.1 Å². The number of allylic oxidation sites excluding steroid dienone is 6. The third kappa shape index (κ3) is 12.6. The van der Waals surface area contributed by atoms with E-state index in [1.807, 2.05) is 38.7 Å². The van der Waals surface area contributed by atoms with E-state index in [1.54, 1.807) is 47.2 Å². The quantitative estimate of drug-likeness (QED) is 0.0400. The van der Waals surface area contributed by atoms with E-state index in [0.29, 0.717) is 58.4 Å². The van der Waals surface area contributed by atoms with Gasteiger partial charge in [-0.15, -0.1) is 5.06 Å². The van der Waals surface area contributed by atoms with Gasteiger partial charge in [-0.25, -0.2) is 23.3 Å². The van der Waals surface area contributed by atoms with E-state index in [1.165, 1.54) is 12.1 Å². The van der Waals surface area contributed by atoms with Gasteiger partial charge in [-0.3, -0.25) is 28.3 Å². The van der Waals surface area contributed by atoms with Crippen LogP contribution in [0.3, 0.4) is 0 Å². The van der Waals surface area contributed by atoms with Crippen molar-refractivity contribution in [3.63, 3.8) is 0 Å². The number of carbonyl (C=O) groups excluding carboxylic acids is 4. The number of nitrogens with zero attached hydrogens (tertiary/aromatic N) is 4. The molecule has 4 heterocycles. The third-order valence-corrected chi connectivity index (χ3v) is 13.7. The van der Waals surface area contributed by atoms with Crippen molar-refractivity contribution in [2.75, 3.05) is 35.8 Å². The molecule has 1 saturated heterocycles. The van der Waals surface area contributed by atoms with E-state index >= 15 is 0 Å². The molecule has 0 atom stereocenters. The summed E-state index contributed by atoms with van der Waals surface area (Å²) < 4.78 is 91.7. The van der Waals surface area contributed by atoms with Crippen LogP contribution in [0.4, 0.5) is 11.5 Å². The van der Waals surface area contributed by atoms with Crippen LogP contribution in [-0.4, -0.2) is 99.7 Å². The Hall–Kier alpha value is -5.13. The van der Waals surface area contributed by atoms with Crippen molar-refractivity contribution in [3.05, 3.63) is 83.2 Å². The lowest BCUT2D eigenvalue weighted by Gasteiger charge is -2.27. The minimum Gasteiger partial charge on any atom is -0.344 e. The molecule has 0 aliphatic carbocycles. The van der Waals surface area contributed by atoms with E-state index in [4.69, 9.17) is 14.7 Å². The molecule has 2 aromatic rings. The second-order valence-corrected chi connectivity index (χ2v) is 22.0. The van der Waals surface area contributed by atoms with Crippen molar-refractivity contribution in [2.24, 2.45) is 4.99 Å². The van der Waals surface area contributed by atoms with Crippen LogP contribution in [0.25, 0.3) is 0 Å². The van der Waals surface area contributed by atoms with Crippen LogP contribution in [0.1, 0.15) is 101 Å². The van der Waals surface area contributed by atoms with Crippen molar-refractivity contribution in [2.45, 2.75) is 101 Å². The molecule has 5 rings (SSSR count). The summed E-state index contributed by atoms with van der Waals surface area (Å²) in [6, 6.07) is 5.91. The number of sulfone groups is 1. The minimum absolute atomic E-state index is 0.00829. The Kier molecular flexibility index (Phi) is 15.5. The molecule has 0 unspecified atom stereocenters. The number of aromatic nitrogens is 1. The largest absolute Gasteiger partial charge is 0.344 e. The summed E-state index contributed by atoms with van der Waals surface area (Å²) in [4.78, 5) is 65.4. The fraction of sp³-hybridized carbons (Fsp3) is 0.476. The van der Waals surface area contributed by atoms with Gasteiger partial charge < -0.3 is 9.74 Å². The number of pyridine rings is 1. The first-order chi connectivity index (χ1) is 29.8. The van der Waals surface area contributed by atoms with Crippen molar-refractivity contribution in [3.8, 4) is 0 Å². The third-order valence-electron chi connectivity index (χ3n) is 11.0. The van der Waals surface area contributed by atoms with Crippen molar-refractivity contribution >= 4 is 71.0 Å². The number of aliphatic imine (C=N–C) groups is 1. The van der Waals surface area contributed by atoms with Crippen LogP contribution < -0.4 is 14.9 Å². The molecule has 3 amide bonds. The first kappa shape index (κ1) is 49.9. The topological polar surface area (TPSA) is 264 Å². The van der Waals surface area contributed by atoms with Crippen LogP contribution in [-0.2, 0) is 71.5 Å². The fourth-order valence-corrected chi connectivity index (χ4v) is 9.23. The van der Waals surface area contributed by atoms with E-state index in [2.05, 4.69) is 5.48 Å². The number of hydrogen-bond donors (Lipinski definition) is 3. The summed E-state index contributed by atoms with van der Waals surface area (Å²) >= 11 is 0. The van der Waals surface area contributed by atoms with E-state index < -0.39 is 70.3 Å². The van der Waals surface area contributed by atoms with E-state index in [9.17, 15) is 53.5 Å². The summed E-state index contributed by atoms with van der Waals surface area (Å²) in [5, 5.41) is 0.505. The van der Waals surface area contributed by atoms with E-state index in [0.717, 1.165) is 6.26 Å². The average molecular weight is 949 g/mol. The molecular weight excluding hydrogens is 895 g/mol. The predicted molar refractivity (Wildman–Crippen MR) is 234 cm³/mol. The lowest BCUT2D eigenvalue weighted by molar-refractivity contribution is -0.684. The molecule has 3 aliphatic rings. The number of unbranched alkanes of at least 4 members (excludes halogenated alkanes) is 2. The summed E-state index contributed by atoms with van der Waals surface area (Å²) in [6.45, 7) is 8.17. The van der Waals surface area contributed by atoms with Crippen LogP contribution in [0.5, 0.6) is 0 Å². The Balaban J connectivity index is 1.27. The molecule has 3 N–H and O–H groups in total. The minimum atomic E-state index is -4.50. The van der Waals surface area contributed by atoms with Gasteiger partial charge >= 0.3 is 11.8 Å². The second kappa shape index (κ2) is 19.9. The van der Waals surface area contributed by atoms with Crippen LogP contribution in [0.2, 0.25) is 0 Å². The molecule has 1 fully saturated rings. The number of aryl methyl sites for hydroxylation is 1. The molecule has 0 radical (unpaired) electrons. The smallest absolute Gasteiger partial charge is 0.333 e. The van der Waals surface area contributed by atoms with Gasteiger partial charge in [-0.05, 0) is 86.5 Å². The summed E-state index contributed by atoms with van der Waals surface area (Å²) in [7, 11) is -12.0. The molecule has 348 valence electrons. The number of amides is 3. The lowest BCUT2D eigenvalue weighted by atomic mass is 9.81. The van der Waals surface area contributed by atoms with Gasteiger partial charge in [0, 0.05) is 48.9 Å². The second-order valence-electron chi connectivity index (χ2n) is 16.8. The number of hydroxylamine groups is 3. The molecule has 22 heteroatoms. The van der Waals surface area contributed by atoms with Gasteiger partial charge in [-0.2, -0.15) is 16.8 Å². The Bertz CT molecular complexity index is 2640. The maximum absolute atomic E-state index is 13.4. The SMILES string of the molecule is CC1(C)C(/C=C/C=C/C=C2/N(CCCS(=O)(=O)O)c3ccc(S(=O)(=O)O)cc3C2(C)C)=Nc2c1cc(C(=O)NOCCCCCC(=O)ON1C(=O)CCC1=O)c[n+]2CCCS(C)(=O)=O. The fourth-order valence-electron chi connectivity index (χ4n) is 7.57. The normalized spacial score (nSPS) is 17.7. The molecule has 64 heavy (non-hydrogen) atoms. The zero-order chi connectivity index (χ0) is 47.3. The van der Waals surface area contributed by atoms with Crippen molar-refractivity contribution in [1.82, 2.24) is 10.5 Å². The highest BCUT2D eigenvalue weighted by molar-refractivity contribution is 7.90. The number of imide groups is 1. The zero-order valence-electron chi connectivity index (χ0n) is 36.3. The molecule has 0 bridgehead atoms. The maximum Gasteiger partial charge on any atom is 0.333 e. The monoisotopic (exact) mass is 948 g/mol. The first-order valence-electron chi connectivity index (χ1n) is 20.5. The van der Waals surface area contributed by atoms with Crippen molar-refractivity contribution in [1.29, 1.82) is 0 Å². The number of benzene rings is 1. The number of anilines is 1. The maximum atomic E-state index is 13.4. The zero-order valence-corrected chi connectivity index (χ0v) is 38.7. The van der Waals surface area contributed by atoms with E-state index in [-0.39, 0.29) is 68.0 Å². The molecular formula is C42H54N5O14S3+. The van der Waals surface area contributed by atoms with Crippen LogP contribution in [0.15, 0.2) is 76.4 Å². The number of nitrogens with one attached hydrogen (secondary N) is 1. The molecule has 0 spiro atoms. The van der Waals surface area contributed by atoms with Crippen molar-refractivity contribution < 1.29 is 67.8 Å². The van der Waals surface area contributed by atoms with Crippen LogP contribution >= 0.6 is 0 Å². The lowest BCUT2D eigenvalue weighted by Crippen LogP contribution is -2.38. The summed E-state index contributed by atoms with van der Waals surface area (Å²) in [6.07, 6.45) is 13.4. The summed E-state index contributed by atoms with van der Waals surface area (Å²) in [5.74, 6) is -2.35. The first-order valence-corrected chi connectivity index (χ1v) is 25.6. The van der Waals surface area contributed by atoms with Gasteiger partial charge in [0.15, 0.2) is 5.71 Å². The van der Waals surface area contributed by atoms with Gasteiger partial charge in [0.2, 0.25) is 0 Å². The number of carbonyl (C=O) groups is 4. The molecule has 1 aromatic carbocycles. The highest BCUT2D eigenvalue weighted by Crippen LogP contribution is 2.48. The summed E-state index contributed by atoms with van der Waals surface area (Å²) in [5.41, 5.74) is 4.48. The molecule has 3 aliphatic heterocycles. The van der Waals surface area contributed by atoms with Gasteiger partial charge in [0.1, 0.15) is 16.0 Å². The molecule has 0 saturated carbocycles. The molecule has 19 nitrogen and oxygen atoms in total. The Morgan fingerprint density at radius 3 is 2.23 bits per heavy atom. The van der Waals surface area contributed by atoms with Gasteiger partial charge in [0.25, 0.3) is 38.0 Å². The predicted octanol–water partition coefficient (Wildman–Crippen LogP) is 3.92. The number of hydrogen-bond acceptors (Lipinski definition) is 14. The van der Waals surface area contributed by atoms with Gasteiger partial charge in [-0.1, -0.05) is 38.5 Å². The highest BCUT2D eigenvalue weighted by atomic mass is 32.2. The Morgan fingerprint density at radius 1 is 0.875 bits per heavy atom. The Morgan fingerprint density at radius 2 is 1.58 bits per heavy atom. The average Bonchev–Trinajstić information content (AvgIpc) is 3.72. The van der Waals surface area contributed by atoms with Crippen LogP contribution in [0, 0.1) is 0 Å². The highest BCUT2D eigenvalue weighted by Gasteiger charge is 2.43. The Labute approximate surface area is 373 Å². The number of rotatable bonds is 21. The molecule has 1 aromatic heterocycles.